The van der Waals surface area contributed by atoms with E-state index in [-0.39, 0.29) is 18.4 Å². The van der Waals surface area contributed by atoms with Gasteiger partial charge in [0.15, 0.2) is 0 Å². The van der Waals surface area contributed by atoms with Crippen LogP contribution in [0.1, 0.15) is 24.8 Å². The van der Waals surface area contributed by atoms with Crippen LogP contribution in [0.2, 0.25) is 0 Å². The first-order valence-corrected chi connectivity index (χ1v) is 5.36. The Labute approximate surface area is 95.5 Å². The zero-order chi connectivity index (χ0) is 12.0. The Bertz CT molecular complexity index is 335. The highest BCUT2D eigenvalue weighted by molar-refractivity contribution is 5.76. The molecule has 16 heavy (non-hydrogen) atoms. The number of aliphatic hydroxyl groups is 1. The molecule has 0 saturated heterocycles. The number of aliphatic hydroxyl groups excluding tert-OH is 1. The third-order valence-electron chi connectivity index (χ3n) is 2.43. The summed E-state index contributed by atoms with van der Waals surface area (Å²) in [5.74, 6) is 0.109. The Hall–Kier alpha value is -1.55. The summed E-state index contributed by atoms with van der Waals surface area (Å²) in [4.78, 5) is 11.4. The van der Waals surface area contributed by atoms with Crippen LogP contribution in [0.3, 0.4) is 0 Å². The number of carbonyl (C=O) groups is 1. The van der Waals surface area contributed by atoms with Gasteiger partial charge in [0.1, 0.15) is 0 Å². The summed E-state index contributed by atoms with van der Waals surface area (Å²) < 4.78 is 0. The summed E-state index contributed by atoms with van der Waals surface area (Å²) in [6, 6.07) is 7.52. The van der Waals surface area contributed by atoms with Crippen molar-refractivity contribution in [1.29, 1.82) is 0 Å². The van der Waals surface area contributed by atoms with Gasteiger partial charge < -0.3 is 16.2 Å². The molecule has 0 radical (unpaired) electrons. The minimum Gasteiger partial charge on any atom is -0.399 e. The van der Waals surface area contributed by atoms with Crippen molar-refractivity contribution in [3.05, 3.63) is 29.8 Å². The van der Waals surface area contributed by atoms with Crippen LogP contribution in [0.4, 0.5) is 5.69 Å². The third-order valence-corrected chi connectivity index (χ3v) is 2.43. The SMILES string of the molecule is CC(CC(=O)NCCO)c1ccc(N)cc1. The van der Waals surface area contributed by atoms with Gasteiger partial charge in [0.25, 0.3) is 0 Å². The quantitative estimate of drug-likeness (QED) is 0.647. The highest BCUT2D eigenvalue weighted by Crippen LogP contribution is 2.19. The van der Waals surface area contributed by atoms with Crippen molar-refractivity contribution >= 4 is 11.6 Å². The van der Waals surface area contributed by atoms with Crippen LogP contribution in [0.25, 0.3) is 0 Å². The molecule has 4 nitrogen and oxygen atoms in total. The van der Waals surface area contributed by atoms with Gasteiger partial charge in [-0.1, -0.05) is 19.1 Å². The maximum absolute atomic E-state index is 11.4. The van der Waals surface area contributed by atoms with E-state index in [0.717, 1.165) is 11.3 Å². The average molecular weight is 222 g/mol. The molecule has 0 fully saturated rings. The molecule has 1 unspecified atom stereocenters. The molecule has 0 spiro atoms. The third kappa shape index (κ3) is 3.90. The maximum atomic E-state index is 11.4. The molecule has 0 aliphatic heterocycles. The van der Waals surface area contributed by atoms with E-state index in [1.807, 2.05) is 31.2 Å². The number of carbonyl (C=O) groups excluding carboxylic acids is 1. The van der Waals surface area contributed by atoms with Gasteiger partial charge in [-0.25, -0.2) is 0 Å². The molecule has 0 aliphatic carbocycles. The van der Waals surface area contributed by atoms with Gasteiger partial charge in [-0.15, -0.1) is 0 Å². The molecule has 0 bridgehead atoms. The van der Waals surface area contributed by atoms with Crippen LogP contribution in [-0.2, 0) is 4.79 Å². The summed E-state index contributed by atoms with van der Waals surface area (Å²) in [5, 5.41) is 11.2. The highest BCUT2D eigenvalue weighted by Gasteiger charge is 2.10. The molecule has 1 aromatic carbocycles. The Morgan fingerprint density at radius 3 is 2.62 bits per heavy atom. The zero-order valence-corrected chi connectivity index (χ0v) is 9.44. The van der Waals surface area contributed by atoms with Crippen LogP contribution in [0, 0.1) is 0 Å². The number of nitrogens with one attached hydrogen (secondary N) is 1. The number of nitrogens with two attached hydrogens (primary N) is 1. The molecule has 0 aromatic heterocycles. The number of anilines is 1. The maximum Gasteiger partial charge on any atom is 0.220 e. The fourth-order valence-corrected chi connectivity index (χ4v) is 1.49. The number of nitrogen functional groups attached to an aromatic ring is 1. The average Bonchev–Trinajstić information content (AvgIpc) is 2.27. The molecule has 1 atom stereocenters. The Morgan fingerprint density at radius 2 is 2.06 bits per heavy atom. The molecule has 0 aliphatic rings. The summed E-state index contributed by atoms with van der Waals surface area (Å²) in [7, 11) is 0. The number of rotatable bonds is 5. The van der Waals surface area contributed by atoms with Crippen molar-refractivity contribution in [2.75, 3.05) is 18.9 Å². The molecule has 1 amide bonds. The molecule has 4 heteroatoms. The monoisotopic (exact) mass is 222 g/mol. The molecule has 4 N–H and O–H groups in total. The minimum atomic E-state index is -0.0432. The van der Waals surface area contributed by atoms with Crippen molar-refractivity contribution in [2.45, 2.75) is 19.3 Å². The second-order valence-corrected chi connectivity index (χ2v) is 3.85. The number of hydrogen-bond acceptors (Lipinski definition) is 3. The van der Waals surface area contributed by atoms with Gasteiger partial charge in [0.2, 0.25) is 5.91 Å². The lowest BCUT2D eigenvalue weighted by Crippen LogP contribution is -2.27. The van der Waals surface area contributed by atoms with Gasteiger partial charge >= 0.3 is 0 Å². The number of hydrogen-bond donors (Lipinski definition) is 3. The van der Waals surface area contributed by atoms with Crippen LogP contribution in [0.15, 0.2) is 24.3 Å². The smallest absolute Gasteiger partial charge is 0.220 e. The number of benzene rings is 1. The zero-order valence-electron chi connectivity index (χ0n) is 9.44. The normalized spacial score (nSPS) is 12.1. The Balaban J connectivity index is 2.48. The molecule has 0 saturated carbocycles. The number of amides is 1. The predicted molar refractivity (Wildman–Crippen MR) is 64.0 cm³/mol. The second kappa shape index (κ2) is 6.12. The molecule has 1 rings (SSSR count). The van der Waals surface area contributed by atoms with E-state index in [9.17, 15) is 4.79 Å². The van der Waals surface area contributed by atoms with E-state index in [0.29, 0.717) is 13.0 Å². The van der Waals surface area contributed by atoms with Crippen molar-refractivity contribution in [3.8, 4) is 0 Å². The summed E-state index contributed by atoms with van der Waals surface area (Å²) in [5.41, 5.74) is 7.40. The molecular weight excluding hydrogens is 204 g/mol. The lowest BCUT2D eigenvalue weighted by Gasteiger charge is -2.11. The lowest BCUT2D eigenvalue weighted by molar-refractivity contribution is -0.121. The summed E-state index contributed by atoms with van der Waals surface area (Å²) >= 11 is 0. The first-order valence-electron chi connectivity index (χ1n) is 5.36. The highest BCUT2D eigenvalue weighted by atomic mass is 16.3. The van der Waals surface area contributed by atoms with Crippen LogP contribution >= 0.6 is 0 Å². The molecular formula is C12H18N2O2. The van der Waals surface area contributed by atoms with Crippen LogP contribution in [0.5, 0.6) is 0 Å². The van der Waals surface area contributed by atoms with Gasteiger partial charge in [0, 0.05) is 18.7 Å². The molecule has 0 heterocycles. The van der Waals surface area contributed by atoms with E-state index in [1.165, 1.54) is 0 Å². The standard InChI is InChI=1S/C12H18N2O2/c1-9(8-12(16)14-6-7-15)10-2-4-11(13)5-3-10/h2-5,9,15H,6-8,13H2,1H3,(H,14,16). The largest absolute Gasteiger partial charge is 0.399 e. The van der Waals surface area contributed by atoms with Crippen molar-refractivity contribution < 1.29 is 9.90 Å². The Morgan fingerprint density at radius 1 is 1.44 bits per heavy atom. The first kappa shape index (κ1) is 12.5. The predicted octanol–water partition coefficient (Wildman–Crippen LogP) is 0.871. The van der Waals surface area contributed by atoms with Crippen LogP contribution in [-0.4, -0.2) is 24.2 Å². The van der Waals surface area contributed by atoms with Gasteiger partial charge in [-0.05, 0) is 23.6 Å². The topological polar surface area (TPSA) is 75.3 Å². The first-order chi connectivity index (χ1) is 7.63. The fourth-order valence-electron chi connectivity index (χ4n) is 1.49. The van der Waals surface area contributed by atoms with E-state index in [4.69, 9.17) is 10.8 Å². The molecule has 1 aromatic rings. The van der Waals surface area contributed by atoms with Gasteiger partial charge in [-0.3, -0.25) is 4.79 Å². The van der Waals surface area contributed by atoms with Crippen molar-refractivity contribution in [3.63, 3.8) is 0 Å². The van der Waals surface area contributed by atoms with E-state index >= 15 is 0 Å². The summed E-state index contributed by atoms with van der Waals surface area (Å²) in [6.45, 7) is 2.28. The van der Waals surface area contributed by atoms with Crippen LogP contribution < -0.4 is 11.1 Å². The lowest BCUT2D eigenvalue weighted by atomic mass is 9.97. The van der Waals surface area contributed by atoms with E-state index in [2.05, 4.69) is 5.32 Å². The minimum absolute atomic E-state index is 0.0258. The fraction of sp³-hybridized carbons (Fsp3) is 0.417. The Kier molecular flexibility index (Phi) is 4.79. The van der Waals surface area contributed by atoms with E-state index in [1.54, 1.807) is 0 Å². The summed E-state index contributed by atoms with van der Waals surface area (Å²) in [6.07, 6.45) is 0.421. The molecule has 88 valence electrons. The second-order valence-electron chi connectivity index (χ2n) is 3.85. The van der Waals surface area contributed by atoms with Crippen molar-refractivity contribution in [2.24, 2.45) is 0 Å². The van der Waals surface area contributed by atoms with Gasteiger partial charge in [-0.2, -0.15) is 0 Å². The van der Waals surface area contributed by atoms with Crippen molar-refractivity contribution in [1.82, 2.24) is 5.32 Å². The van der Waals surface area contributed by atoms with Gasteiger partial charge in [0.05, 0.1) is 6.61 Å². The van der Waals surface area contributed by atoms with E-state index < -0.39 is 0 Å².